The van der Waals surface area contributed by atoms with Crippen molar-refractivity contribution in [1.29, 1.82) is 0 Å². The summed E-state index contributed by atoms with van der Waals surface area (Å²) in [6, 6.07) is 25.2. The fourth-order valence-electron chi connectivity index (χ4n) is 14.2. The Bertz CT molecular complexity index is 3670. The molecule has 0 saturated heterocycles. The molecule has 8 heteroatoms. The van der Waals surface area contributed by atoms with E-state index in [1.54, 1.807) is 0 Å². The summed E-state index contributed by atoms with van der Waals surface area (Å²) in [5, 5.41) is 2.57. The van der Waals surface area contributed by atoms with E-state index in [1.165, 1.54) is 99.3 Å². The molecule has 10 aromatic rings. The van der Waals surface area contributed by atoms with Gasteiger partial charge in [0.05, 0.1) is 43.9 Å². The topological polar surface area (TPSA) is 103 Å². The van der Waals surface area contributed by atoms with Gasteiger partial charge in [-0.2, -0.15) is 0 Å². The van der Waals surface area contributed by atoms with Gasteiger partial charge in [0, 0.05) is 21.5 Å². The van der Waals surface area contributed by atoms with Gasteiger partial charge in [0.2, 0.25) is 10.9 Å². The minimum Gasteiger partial charge on any atom is -0.306 e. The Labute approximate surface area is 392 Å². The van der Waals surface area contributed by atoms with Crippen LogP contribution in [0, 0.1) is 0 Å². The lowest BCUT2D eigenvalue weighted by Gasteiger charge is -2.24. The second-order valence-electron chi connectivity index (χ2n) is 21.5. The average Bonchev–Trinajstić information content (AvgIpc) is 3.40. The van der Waals surface area contributed by atoms with Gasteiger partial charge >= 0.3 is 0 Å². The smallest absolute Gasteiger partial charge is 0.215 e. The summed E-state index contributed by atoms with van der Waals surface area (Å²) in [7, 11) is 0. The maximum atomic E-state index is 15.6. The number of hydrogen-bond acceptors (Lipinski definition) is 6. The molecule has 0 aliphatic heterocycles. The van der Waals surface area contributed by atoms with Crippen molar-refractivity contribution in [2.45, 2.75) is 152 Å². The summed E-state index contributed by atoms with van der Waals surface area (Å²) < 4.78 is 4.24. The Balaban J connectivity index is 1.16. The molecule has 14 rings (SSSR count). The van der Waals surface area contributed by atoms with Crippen molar-refractivity contribution >= 4 is 87.5 Å². The van der Waals surface area contributed by atoms with Crippen LogP contribution in [0.25, 0.3) is 87.5 Å². The first kappa shape index (κ1) is 40.8. The molecule has 4 fully saturated rings. The molecule has 8 nitrogen and oxygen atoms in total. The molecule has 0 amide bonds. The van der Waals surface area contributed by atoms with Gasteiger partial charge in [0.25, 0.3) is 0 Å². The highest BCUT2D eigenvalue weighted by molar-refractivity contribution is 6.23. The van der Waals surface area contributed by atoms with E-state index < -0.39 is 0 Å². The summed E-state index contributed by atoms with van der Waals surface area (Å²) in [5.74, 6) is 1.57. The van der Waals surface area contributed by atoms with E-state index in [0.717, 1.165) is 73.4 Å². The van der Waals surface area contributed by atoms with E-state index in [-0.39, 0.29) is 54.6 Å². The predicted octanol–water partition coefficient (Wildman–Crippen LogP) is 13.6. The molecule has 4 aliphatic carbocycles. The summed E-state index contributed by atoms with van der Waals surface area (Å²) in [6.07, 6.45) is 23.3. The highest BCUT2D eigenvalue weighted by Gasteiger charge is 2.30. The molecule has 0 bridgehead atoms. The quantitative estimate of drug-likeness (QED) is 0.129. The van der Waals surface area contributed by atoms with Crippen LogP contribution < -0.4 is 21.7 Å². The van der Waals surface area contributed by atoms with Crippen LogP contribution in [-0.2, 0) is 0 Å². The summed E-state index contributed by atoms with van der Waals surface area (Å²) in [4.78, 5) is 72.3. The van der Waals surface area contributed by atoms with Gasteiger partial charge in [0.15, 0.2) is 10.9 Å². The van der Waals surface area contributed by atoms with Crippen LogP contribution in [0.5, 0.6) is 0 Å². The molecule has 4 aromatic carbocycles. The van der Waals surface area contributed by atoms with Gasteiger partial charge in [0.1, 0.15) is 22.1 Å². The van der Waals surface area contributed by atoms with Crippen molar-refractivity contribution in [3.05, 3.63) is 136 Å². The minimum absolute atomic E-state index is 0.144. The standard InChI is InChI=1S/C60H56N4O4/c65-57-41-25-21-37(33-13-5-1-6-14-33)29-45(41)63-47-31-39(35-17-9-3-10-18-35)23-27-43(47)59(67)53-55(63)49(57)51-52(61-53)50-56-54(62-51)60(68)44-28-24-40(36-19-11-4-12-20-36)32-48(44)64(56)46-30-38(22-26-42(46)58(50)66)34-15-7-2-8-16-34/h21-36H,1-20H2. The van der Waals surface area contributed by atoms with E-state index in [2.05, 4.69) is 57.3 Å². The number of aromatic nitrogens is 4. The third-order valence-electron chi connectivity index (χ3n) is 17.7. The van der Waals surface area contributed by atoms with Gasteiger partial charge in [-0.05, 0) is 146 Å². The van der Waals surface area contributed by atoms with Crippen molar-refractivity contribution in [3.63, 3.8) is 0 Å². The van der Waals surface area contributed by atoms with Gasteiger partial charge in [-0.1, -0.05) is 101 Å². The van der Waals surface area contributed by atoms with Crippen molar-refractivity contribution < 1.29 is 0 Å². The largest absolute Gasteiger partial charge is 0.306 e. The predicted molar refractivity (Wildman–Crippen MR) is 277 cm³/mol. The average molecular weight is 897 g/mol. The Morgan fingerprint density at radius 2 is 0.588 bits per heavy atom. The summed E-state index contributed by atoms with van der Waals surface area (Å²) in [5.41, 5.74) is 8.26. The number of nitrogens with zero attached hydrogens (tertiary/aromatic N) is 4. The van der Waals surface area contributed by atoms with E-state index in [9.17, 15) is 0 Å². The van der Waals surface area contributed by atoms with Crippen LogP contribution in [0.15, 0.2) is 92.0 Å². The lowest BCUT2D eigenvalue weighted by molar-refractivity contribution is 0.444. The number of pyridine rings is 6. The molecule has 4 aliphatic rings. The van der Waals surface area contributed by atoms with E-state index in [4.69, 9.17) is 9.97 Å². The first-order valence-corrected chi connectivity index (χ1v) is 26.2. The molecule has 0 unspecified atom stereocenters. The fourth-order valence-corrected chi connectivity index (χ4v) is 14.2. The molecule has 0 N–H and O–H groups in total. The molecule has 68 heavy (non-hydrogen) atoms. The van der Waals surface area contributed by atoms with Gasteiger partial charge in [-0.3, -0.25) is 19.2 Å². The molecule has 6 heterocycles. The summed E-state index contributed by atoms with van der Waals surface area (Å²) in [6.45, 7) is 0. The van der Waals surface area contributed by atoms with Crippen LogP contribution in [0.2, 0.25) is 0 Å². The maximum absolute atomic E-state index is 15.6. The number of hydrogen-bond donors (Lipinski definition) is 0. The first-order chi connectivity index (χ1) is 33.4. The molecule has 0 atom stereocenters. The molecular weight excluding hydrogens is 841 g/mol. The third kappa shape index (κ3) is 5.97. The zero-order chi connectivity index (χ0) is 45.4. The lowest BCUT2D eigenvalue weighted by Crippen LogP contribution is -2.20. The number of benzene rings is 4. The van der Waals surface area contributed by atoms with Gasteiger partial charge in [-0.15, -0.1) is 0 Å². The fraction of sp³-hybridized carbons (Fsp3) is 0.400. The second kappa shape index (κ2) is 15.6. The Morgan fingerprint density at radius 1 is 0.324 bits per heavy atom. The minimum atomic E-state index is -0.273. The van der Waals surface area contributed by atoms with Gasteiger partial charge < -0.3 is 8.80 Å². The van der Waals surface area contributed by atoms with Crippen molar-refractivity contribution in [1.82, 2.24) is 18.8 Å². The highest BCUT2D eigenvalue weighted by atomic mass is 16.1. The lowest BCUT2D eigenvalue weighted by atomic mass is 9.83. The second-order valence-corrected chi connectivity index (χ2v) is 21.5. The summed E-state index contributed by atoms with van der Waals surface area (Å²) >= 11 is 0. The zero-order valence-electron chi connectivity index (χ0n) is 38.8. The Hall–Kier alpha value is -6.28. The molecule has 340 valence electrons. The third-order valence-corrected chi connectivity index (χ3v) is 17.7. The van der Waals surface area contributed by atoms with Crippen LogP contribution in [0.4, 0.5) is 0 Å². The maximum Gasteiger partial charge on any atom is 0.215 e. The Morgan fingerprint density at radius 3 is 0.868 bits per heavy atom. The molecule has 4 saturated carbocycles. The highest BCUT2D eigenvalue weighted by Crippen LogP contribution is 2.41. The van der Waals surface area contributed by atoms with Crippen LogP contribution >= 0.6 is 0 Å². The van der Waals surface area contributed by atoms with Crippen LogP contribution in [0.1, 0.15) is 174 Å². The number of rotatable bonds is 4. The molecule has 0 radical (unpaired) electrons. The molecule has 0 spiro atoms. The SMILES string of the molecule is O=c1c2ccc(C3CCCCC3)cc2n2c3cc(C4CCCCC4)ccc3c(=O)c3c4nc5c(=O)c6ccc(C7CCCCC7)cc6n6c7cc(C8CCCCC8)ccc7c(=O)c(c4nc1c32)c56. The van der Waals surface area contributed by atoms with Gasteiger partial charge in [-0.25, -0.2) is 9.97 Å². The van der Waals surface area contributed by atoms with Crippen molar-refractivity contribution in [2.75, 3.05) is 0 Å². The number of fused-ring (bicyclic) bond motifs is 11. The van der Waals surface area contributed by atoms with E-state index in [1.807, 2.05) is 24.3 Å². The van der Waals surface area contributed by atoms with Crippen LogP contribution in [-0.4, -0.2) is 18.8 Å². The normalized spacial score (nSPS) is 18.9. The Kier molecular flexibility index (Phi) is 9.37. The monoisotopic (exact) mass is 896 g/mol. The first-order valence-electron chi connectivity index (χ1n) is 26.2. The molecule has 6 aromatic heterocycles. The molecular formula is C60H56N4O4. The van der Waals surface area contributed by atoms with E-state index in [0.29, 0.717) is 56.2 Å². The van der Waals surface area contributed by atoms with E-state index >= 15 is 19.2 Å². The zero-order valence-corrected chi connectivity index (χ0v) is 38.8. The van der Waals surface area contributed by atoms with Crippen LogP contribution in [0.3, 0.4) is 0 Å². The van der Waals surface area contributed by atoms with Crippen molar-refractivity contribution in [2.24, 2.45) is 0 Å². The van der Waals surface area contributed by atoms with Crippen molar-refractivity contribution in [3.8, 4) is 0 Å².